The number of hydrogen-bond acceptors (Lipinski definition) is 7. The molecule has 0 aliphatic carbocycles. The highest BCUT2D eigenvalue weighted by atomic mass is 16.7. The van der Waals surface area contributed by atoms with Crippen LogP contribution in [0, 0.1) is 11.8 Å². The molecule has 0 radical (unpaired) electrons. The van der Waals surface area contributed by atoms with Gasteiger partial charge in [-0.15, -0.1) is 0 Å². The van der Waals surface area contributed by atoms with Gasteiger partial charge in [-0.1, -0.05) is 17.2 Å². The molecule has 3 fully saturated rings. The van der Waals surface area contributed by atoms with E-state index in [-0.39, 0.29) is 17.7 Å². The lowest BCUT2D eigenvalue weighted by molar-refractivity contribution is -0.178. The van der Waals surface area contributed by atoms with Gasteiger partial charge in [-0.05, 0) is 25.0 Å². The number of carbonyl (C=O) groups is 4. The summed E-state index contributed by atoms with van der Waals surface area (Å²) in [5, 5.41) is 0.464. The fraction of sp³-hybridized carbons (Fsp3) is 0.412. The number of carbonyl (C=O) groups excluding carboxylic acids is 4. The Labute approximate surface area is 141 Å². The molecule has 2 amide bonds. The van der Waals surface area contributed by atoms with Gasteiger partial charge in [0, 0.05) is 0 Å². The number of amides is 2. The number of nitrogens with zero attached hydrogens (tertiary/aromatic N) is 1. The minimum absolute atomic E-state index is 0.129. The van der Waals surface area contributed by atoms with Crippen LogP contribution < -0.4 is 0 Å². The van der Waals surface area contributed by atoms with Crippen LogP contribution in [-0.4, -0.2) is 47.1 Å². The number of cyclic esters (lactones) is 1. The lowest BCUT2D eigenvalue weighted by Crippen LogP contribution is -2.44. The average Bonchev–Trinajstić information content (AvgIpc) is 3.33. The molecule has 8 nitrogen and oxygen atoms in total. The summed E-state index contributed by atoms with van der Waals surface area (Å²) in [6.45, 7) is 0.129. The van der Waals surface area contributed by atoms with Gasteiger partial charge in [0.2, 0.25) is 0 Å². The highest BCUT2D eigenvalue weighted by molar-refractivity contribution is 6.20. The second-order valence-electron chi connectivity index (χ2n) is 6.73. The topological polar surface area (TPSA) is 99.2 Å². The van der Waals surface area contributed by atoms with E-state index in [2.05, 4.69) is 0 Å². The van der Waals surface area contributed by atoms with E-state index in [0.717, 1.165) is 0 Å². The van der Waals surface area contributed by atoms with Gasteiger partial charge in [0.25, 0.3) is 11.8 Å². The molecule has 1 spiro atoms. The molecule has 128 valence electrons. The quantitative estimate of drug-likeness (QED) is 0.568. The van der Waals surface area contributed by atoms with Crippen molar-refractivity contribution in [1.29, 1.82) is 0 Å². The third-order valence-electron chi connectivity index (χ3n) is 5.49. The first-order valence-corrected chi connectivity index (χ1v) is 8.06. The van der Waals surface area contributed by atoms with Crippen molar-refractivity contribution in [3.05, 3.63) is 35.4 Å². The maximum absolute atomic E-state index is 12.7. The van der Waals surface area contributed by atoms with Gasteiger partial charge < -0.3 is 14.3 Å². The maximum atomic E-state index is 12.7. The van der Waals surface area contributed by atoms with E-state index in [1.165, 1.54) is 12.1 Å². The van der Waals surface area contributed by atoms with Crippen molar-refractivity contribution in [2.24, 2.45) is 11.8 Å². The summed E-state index contributed by atoms with van der Waals surface area (Å²) in [4.78, 5) is 54.4. The summed E-state index contributed by atoms with van der Waals surface area (Å²) < 4.78 is 10.9. The molecule has 0 N–H and O–H groups in total. The molecule has 4 heterocycles. The minimum atomic E-state index is -0.868. The molecule has 1 aromatic carbocycles. The summed E-state index contributed by atoms with van der Waals surface area (Å²) >= 11 is 0. The van der Waals surface area contributed by atoms with Crippen molar-refractivity contribution < 1.29 is 33.5 Å². The van der Waals surface area contributed by atoms with Crippen LogP contribution in [0.15, 0.2) is 24.3 Å². The lowest BCUT2D eigenvalue weighted by atomic mass is 9.73. The normalized spacial score (nSPS) is 35.0. The molecular formula is C17H13NO7. The summed E-state index contributed by atoms with van der Waals surface area (Å²) in [5.41, 5.74) is -0.407. The standard InChI is InChI=1S/C17H13NO7/c19-13-8-3-1-2-4-9(8)14(20)18(13)25-15(21)11-10-5-6-17(24-10)7-23-16(22)12(11)17/h1-4,10-12H,5-7H2/t10-,11-,12+,17-/m1/s1. The predicted octanol–water partition coefficient (Wildman–Crippen LogP) is 0.461. The molecule has 4 atom stereocenters. The Balaban J connectivity index is 1.41. The molecule has 25 heavy (non-hydrogen) atoms. The number of fused-ring (bicyclic) bond motifs is 2. The summed E-state index contributed by atoms with van der Waals surface area (Å²) in [7, 11) is 0. The van der Waals surface area contributed by atoms with Crippen molar-refractivity contribution >= 4 is 23.8 Å². The van der Waals surface area contributed by atoms with Gasteiger partial charge in [0.05, 0.1) is 17.2 Å². The van der Waals surface area contributed by atoms with Crippen molar-refractivity contribution in [2.45, 2.75) is 24.5 Å². The Morgan fingerprint density at radius 3 is 2.52 bits per heavy atom. The Morgan fingerprint density at radius 2 is 1.84 bits per heavy atom. The summed E-state index contributed by atoms with van der Waals surface area (Å²) in [6, 6.07) is 6.23. The zero-order valence-electron chi connectivity index (χ0n) is 13.0. The number of hydrogen-bond donors (Lipinski definition) is 0. The molecular weight excluding hydrogens is 330 g/mol. The van der Waals surface area contributed by atoms with Crippen LogP contribution in [0.3, 0.4) is 0 Å². The number of imide groups is 1. The second-order valence-corrected chi connectivity index (χ2v) is 6.73. The van der Waals surface area contributed by atoms with Crippen molar-refractivity contribution in [3.63, 3.8) is 0 Å². The highest BCUT2D eigenvalue weighted by Crippen LogP contribution is 2.55. The van der Waals surface area contributed by atoms with E-state index in [0.29, 0.717) is 17.9 Å². The number of rotatable bonds is 2. The number of hydroxylamine groups is 2. The van der Waals surface area contributed by atoms with E-state index >= 15 is 0 Å². The lowest BCUT2D eigenvalue weighted by Gasteiger charge is -2.25. The Bertz CT molecular complexity index is 814. The van der Waals surface area contributed by atoms with Gasteiger partial charge >= 0.3 is 11.9 Å². The van der Waals surface area contributed by atoms with Crippen molar-refractivity contribution in [2.75, 3.05) is 6.61 Å². The van der Waals surface area contributed by atoms with Crippen LogP contribution in [0.5, 0.6) is 0 Å². The number of benzene rings is 1. The van der Waals surface area contributed by atoms with E-state index in [9.17, 15) is 19.2 Å². The minimum Gasteiger partial charge on any atom is -0.462 e. The van der Waals surface area contributed by atoms with Crippen LogP contribution in [0.4, 0.5) is 0 Å². The number of esters is 1. The molecule has 3 saturated heterocycles. The van der Waals surface area contributed by atoms with Gasteiger partial charge in [-0.25, -0.2) is 4.79 Å². The van der Waals surface area contributed by atoms with E-state index < -0.39 is 47.3 Å². The molecule has 4 aliphatic rings. The van der Waals surface area contributed by atoms with Crippen LogP contribution >= 0.6 is 0 Å². The first-order chi connectivity index (χ1) is 12.0. The monoisotopic (exact) mass is 343 g/mol. The SMILES string of the molecule is O=C(ON1C(=O)c2ccccc2C1=O)[C@H]1[C@H]2C(=O)OC[C@]23CC[C@H]1O3. The van der Waals surface area contributed by atoms with E-state index in [1.54, 1.807) is 12.1 Å². The molecule has 0 aromatic heterocycles. The Hall–Kier alpha value is -2.74. The third-order valence-corrected chi connectivity index (χ3v) is 5.49. The molecule has 0 unspecified atom stereocenters. The fourth-order valence-electron chi connectivity index (χ4n) is 4.36. The molecule has 2 bridgehead atoms. The van der Waals surface area contributed by atoms with Gasteiger partial charge in [0.15, 0.2) is 0 Å². The first-order valence-electron chi connectivity index (χ1n) is 8.06. The zero-order chi connectivity index (χ0) is 17.3. The van der Waals surface area contributed by atoms with Crippen molar-refractivity contribution in [1.82, 2.24) is 5.06 Å². The van der Waals surface area contributed by atoms with Gasteiger partial charge in [-0.2, -0.15) is 0 Å². The van der Waals surface area contributed by atoms with Gasteiger partial charge in [0.1, 0.15) is 24.0 Å². The molecule has 8 heteroatoms. The van der Waals surface area contributed by atoms with Crippen LogP contribution in [0.1, 0.15) is 33.6 Å². The van der Waals surface area contributed by atoms with Crippen LogP contribution in [0.2, 0.25) is 0 Å². The number of ether oxygens (including phenoxy) is 2. The smallest absolute Gasteiger partial charge is 0.339 e. The fourth-order valence-corrected chi connectivity index (χ4v) is 4.36. The van der Waals surface area contributed by atoms with E-state index in [4.69, 9.17) is 14.3 Å². The van der Waals surface area contributed by atoms with Crippen molar-refractivity contribution in [3.8, 4) is 0 Å². The van der Waals surface area contributed by atoms with Gasteiger partial charge in [-0.3, -0.25) is 14.4 Å². The zero-order valence-corrected chi connectivity index (χ0v) is 13.0. The Morgan fingerprint density at radius 1 is 1.16 bits per heavy atom. The average molecular weight is 343 g/mol. The second kappa shape index (κ2) is 4.66. The first kappa shape index (κ1) is 14.6. The molecule has 1 aromatic rings. The molecule has 4 aliphatic heterocycles. The van der Waals surface area contributed by atoms with E-state index in [1.807, 2.05) is 0 Å². The molecule has 0 saturated carbocycles. The predicted molar refractivity (Wildman–Crippen MR) is 77.8 cm³/mol. The largest absolute Gasteiger partial charge is 0.462 e. The van der Waals surface area contributed by atoms with Crippen LogP contribution in [-0.2, 0) is 23.9 Å². The summed E-state index contributed by atoms with van der Waals surface area (Å²) in [5.74, 6) is -4.30. The van der Waals surface area contributed by atoms with Crippen LogP contribution in [0.25, 0.3) is 0 Å². The third kappa shape index (κ3) is 1.74. The Kier molecular flexibility index (Phi) is 2.72. The maximum Gasteiger partial charge on any atom is 0.339 e. The molecule has 5 rings (SSSR count). The summed E-state index contributed by atoms with van der Waals surface area (Å²) in [6.07, 6.45) is 0.792. The highest BCUT2D eigenvalue weighted by Gasteiger charge is 2.69.